The van der Waals surface area contributed by atoms with Gasteiger partial charge in [-0.1, -0.05) is 83.1 Å². The van der Waals surface area contributed by atoms with Gasteiger partial charge in [0.2, 0.25) is 0 Å². The predicted molar refractivity (Wildman–Crippen MR) is 115 cm³/mol. The molecule has 0 aliphatic heterocycles. The number of allylic oxidation sites excluding steroid dienone is 12. The lowest BCUT2D eigenvalue weighted by molar-refractivity contribution is 0.202. The van der Waals surface area contributed by atoms with Crippen molar-refractivity contribution in [1.82, 2.24) is 0 Å². The molecule has 2 heteroatoms. The fourth-order valence-corrected chi connectivity index (χ4v) is 1.95. The van der Waals surface area contributed by atoms with Crippen LogP contribution < -0.4 is 0 Å². The van der Waals surface area contributed by atoms with E-state index in [4.69, 9.17) is 9.47 Å². The van der Waals surface area contributed by atoms with E-state index in [9.17, 15) is 0 Å². The van der Waals surface area contributed by atoms with Crippen molar-refractivity contribution in [3.63, 3.8) is 0 Å². The second-order valence-electron chi connectivity index (χ2n) is 6.44. The lowest BCUT2D eigenvalue weighted by atomic mass is 10.2. The summed E-state index contributed by atoms with van der Waals surface area (Å²) in [7, 11) is 3.46. The molecule has 0 atom stereocenters. The Bertz CT molecular complexity index is 529. The molecule has 0 heterocycles. The molecule has 0 unspecified atom stereocenters. The van der Waals surface area contributed by atoms with Gasteiger partial charge >= 0.3 is 0 Å². The van der Waals surface area contributed by atoms with Crippen molar-refractivity contribution in [2.75, 3.05) is 27.4 Å². The lowest BCUT2D eigenvalue weighted by Crippen LogP contribution is -1.88. The Kier molecular flexibility index (Phi) is 15.4. The Hall–Kier alpha value is -1.90. The monoisotopic (exact) mass is 356 g/mol. The molecule has 0 rings (SSSR count). The predicted octanol–water partition coefficient (Wildman–Crippen LogP) is 6.51. The molecule has 144 valence electrons. The molecule has 0 bridgehead atoms. The highest BCUT2D eigenvalue weighted by Crippen LogP contribution is 2.04. The van der Waals surface area contributed by atoms with Gasteiger partial charge < -0.3 is 9.47 Å². The first-order valence-electron chi connectivity index (χ1n) is 9.17. The van der Waals surface area contributed by atoms with Crippen LogP contribution in [-0.4, -0.2) is 27.4 Å². The van der Waals surface area contributed by atoms with E-state index in [1.165, 1.54) is 22.3 Å². The summed E-state index contributed by atoms with van der Waals surface area (Å²) in [6.45, 7) is 9.99. The maximum absolute atomic E-state index is 5.07. The second kappa shape index (κ2) is 16.6. The zero-order valence-corrected chi connectivity index (χ0v) is 17.4. The lowest BCUT2D eigenvalue weighted by Gasteiger charge is -1.97. The third kappa shape index (κ3) is 15.6. The van der Waals surface area contributed by atoms with Crippen molar-refractivity contribution < 1.29 is 9.47 Å². The van der Waals surface area contributed by atoms with Gasteiger partial charge in [-0.05, 0) is 40.5 Å². The van der Waals surface area contributed by atoms with Gasteiger partial charge in [-0.3, -0.25) is 0 Å². The Morgan fingerprint density at radius 2 is 0.962 bits per heavy atom. The summed E-state index contributed by atoms with van der Waals surface area (Å²) in [6.07, 6.45) is 23.0. The number of hydrogen-bond acceptors (Lipinski definition) is 2. The van der Waals surface area contributed by atoms with Crippen LogP contribution in [0.5, 0.6) is 0 Å². The molecule has 0 aliphatic carbocycles. The number of methoxy groups -OCH3 is 2. The van der Waals surface area contributed by atoms with Crippen LogP contribution in [0.4, 0.5) is 0 Å². The Balaban J connectivity index is 4.44. The molecule has 0 aromatic rings. The van der Waals surface area contributed by atoms with E-state index in [-0.39, 0.29) is 0 Å². The van der Waals surface area contributed by atoms with Gasteiger partial charge in [0.05, 0.1) is 0 Å². The molecule has 0 saturated carbocycles. The van der Waals surface area contributed by atoms with Gasteiger partial charge in [0.1, 0.15) is 0 Å². The summed E-state index contributed by atoms with van der Waals surface area (Å²) in [4.78, 5) is 0. The van der Waals surface area contributed by atoms with Crippen molar-refractivity contribution in [3.8, 4) is 0 Å². The normalized spacial score (nSPS) is 15.2. The first-order chi connectivity index (χ1) is 12.5. The summed E-state index contributed by atoms with van der Waals surface area (Å²) in [5.74, 6) is 0. The van der Waals surface area contributed by atoms with E-state index in [1.807, 2.05) is 0 Å². The van der Waals surface area contributed by atoms with Crippen LogP contribution in [0.15, 0.2) is 83.1 Å². The highest BCUT2D eigenvalue weighted by molar-refractivity contribution is 5.29. The van der Waals surface area contributed by atoms with Gasteiger partial charge in [-0.2, -0.15) is 0 Å². The third-order valence-corrected chi connectivity index (χ3v) is 3.71. The topological polar surface area (TPSA) is 18.5 Å². The Labute approximate surface area is 161 Å². The molecule has 0 spiro atoms. The van der Waals surface area contributed by atoms with Crippen molar-refractivity contribution in [2.24, 2.45) is 0 Å². The summed E-state index contributed by atoms with van der Waals surface area (Å²) >= 11 is 0. The average Bonchev–Trinajstić information content (AvgIpc) is 2.61. The van der Waals surface area contributed by atoms with Gasteiger partial charge in [0, 0.05) is 27.4 Å². The molecule has 0 N–H and O–H groups in total. The number of ether oxygens (including phenoxy) is 2. The first kappa shape index (κ1) is 24.1. The van der Waals surface area contributed by atoms with Crippen LogP contribution >= 0.6 is 0 Å². The highest BCUT2D eigenvalue weighted by Gasteiger charge is 1.87. The summed E-state index contributed by atoms with van der Waals surface area (Å²) in [6, 6.07) is 0. The number of rotatable bonds is 12. The molecular formula is C24H36O2. The van der Waals surface area contributed by atoms with E-state index in [0.717, 1.165) is 26.1 Å². The Morgan fingerprint density at radius 1 is 0.577 bits per heavy atom. The van der Waals surface area contributed by atoms with Crippen LogP contribution in [-0.2, 0) is 9.47 Å². The molecule has 0 aromatic heterocycles. The molecule has 0 fully saturated rings. The fraction of sp³-hybridized carbons (Fsp3) is 0.417. The molecule has 0 aliphatic rings. The van der Waals surface area contributed by atoms with Crippen LogP contribution in [0.3, 0.4) is 0 Å². The summed E-state index contributed by atoms with van der Waals surface area (Å²) in [5.41, 5.74) is 5.08. The quantitative estimate of drug-likeness (QED) is 0.371. The molecular weight excluding hydrogens is 320 g/mol. The molecule has 0 radical (unpaired) electrons. The van der Waals surface area contributed by atoms with Crippen LogP contribution in [0.25, 0.3) is 0 Å². The van der Waals surface area contributed by atoms with E-state index >= 15 is 0 Å². The largest absolute Gasteiger partial charge is 0.384 e. The standard InChI is InChI=1S/C24H36O2/c1-21(13-9-15-23(3)17-19-25-5)11-7-8-12-22(2)14-10-16-24(4)18-20-26-6/h7-16H,17-20H2,1-6H3/b8-7+,13-9+,14-10+,21-11+,22-12+,23-15+,24-16+. The van der Waals surface area contributed by atoms with Gasteiger partial charge in [0.15, 0.2) is 0 Å². The van der Waals surface area contributed by atoms with Crippen molar-refractivity contribution in [1.29, 1.82) is 0 Å². The highest BCUT2D eigenvalue weighted by atomic mass is 16.5. The minimum absolute atomic E-state index is 0.774. The zero-order valence-electron chi connectivity index (χ0n) is 17.4. The zero-order chi connectivity index (χ0) is 19.6. The molecule has 0 aromatic carbocycles. The summed E-state index contributed by atoms with van der Waals surface area (Å²) < 4.78 is 10.1. The van der Waals surface area contributed by atoms with E-state index in [0.29, 0.717) is 0 Å². The molecule has 0 saturated heterocycles. The van der Waals surface area contributed by atoms with Gasteiger partial charge in [-0.25, -0.2) is 0 Å². The van der Waals surface area contributed by atoms with Gasteiger partial charge in [0.25, 0.3) is 0 Å². The van der Waals surface area contributed by atoms with E-state index in [1.54, 1.807) is 14.2 Å². The number of hydrogen-bond donors (Lipinski definition) is 0. The third-order valence-electron chi connectivity index (χ3n) is 3.71. The SMILES string of the molecule is COCC/C(C)=C/C=C/C(C)=C/C=C/C=C(C)/C=C/C=C(\C)CCOC. The van der Waals surface area contributed by atoms with Crippen molar-refractivity contribution >= 4 is 0 Å². The maximum Gasteiger partial charge on any atom is 0.0499 e. The molecule has 0 amide bonds. The van der Waals surface area contributed by atoms with E-state index < -0.39 is 0 Å². The first-order valence-corrected chi connectivity index (χ1v) is 9.17. The average molecular weight is 357 g/mol. The van der Waals surface area contributed by atoms with Crippen molar-refractivity contribution in [2.45, 2.75) is 40.5 Å². The minimum atomic E-state index is 0.774. The Morgan fingerprint density at radius 3 is 1.31 bits per heavy atom. The molecule has 2 nitrogen and oxygen atoms in total. The van der Waals surface area contributed by atoms with Gasteiger partial charge in [-0.15, -0.1) is 0 Å². The maximum atomic E-state index is 5.07. The van der Waals surface area contributed by atoms with Crippen LogP contribution in [0, 0.1) is 0 Å². The van der Waals surface area contributed by atoms with Crippen LogP contribution in [0.1, 0.15) is 40.5 Å². The summed E-state index contributed by atoms with van der Waals surface area (Å²) in [5, 5.41) is 0. The smallest absolute Gasteiger partial charge is 0.0499 e. The minimum Gasteiger partial charge on any atom is -0.384 e. The van der Waals surface area contributed by atoms with Crippen LogP contribution in [0.2, 0.25) is 0 Å². The fourth-order valence-electron chi connectivity index (χ4n) is 1.95. The van der Waals surface area contributed by atoms with E-state index in [2.05, 4.69) is 88.5 Å². The van der Waals surface area contributed by atoms with Crippen molar-refractivity contribution in [3.05, 3.63) is 83.1 Å². The molecule has 26 heavy (non-hydrogen) atoms. The second-order valence-corrected chi connectivity index (χ2v) is 6.44.